The SMILES string of the molecule is COc1cc(Cl)ccc1-n1ccc(C(=O)O)c1-c1ccc(C(N)=O)cc1C. The summed E-state index contributed by atoms with van der Waals surface area (Å²) in [4.78, 5) is 23.2. The zero-order chi connectivity index (χ0) is 19.7. The first-order chi connectivity index (χ1) is 12.8. The van der Waals surface area contributed by atoms with E-state index in [-0.39, 0.29) is 5.56 Å². The zero-order valence-corrected chi connectivity index (χ0v) is 15.4. The molecule has 0 saturated carbocycles. The highest BCUT2D eigenvalue weighted by Crippen LogP contribution is 2.35. The molecule has 0 radical (unpaired) electrons. The summed E-state index contributed by atoms with van der Waals surface area (Å²) >= 11 is 6.04. The number of aryl methyl sites for hydroxylation is 1. The molecule has 0 unspecified atom stereocenters. The maximum Gasteiger partial charge on any atom is 0.337 e. The summed E-state index contributed by atoms with van der Waals surface area (Å²) in [5.41, 5.74) is 8.32. The van der Waals surface area contributed by atoms with Crippen LogP contribution in [0.4, 0.5) is 0 Å². The number of aromatic nitrogens is 1. The molecule has 0 fully saturated rings. The number of aromatic carboxylic acids is 1. The number of benzene rings is 2. The van der Waals surface area contributed by atoms with Crippen LogP contribution in [-0.2, 0) is 0 Å². The van der Waals surface area contributed by atoms with Crippen LogP contribution in [0, 0.1) is 6.92 Å². The summed E-state index contributed by atoms with van der Waals surface area (Å²) in [7, 11) is 1.52. The van der Waals surface area contributed by atoms with E-state index in [1.165, 1.54) is 13.2 Å². The molecule has 1 amide bonds. The normalized spacial score (nSPS) is 10.6. The maximum absolute atomic E-state index is 11.8. The lowest BCUT2D eigenvalue weighted by atomic mass is 9.99. The van der Waals surface area contributed by atoms with Gasteiger partial charge in [0.15, 0.2) is 0 Å². The average molecular weight is 385 g/mol. The Bertz CT molecular complexity index is 1060. The zero-order valence-electron chi connectivity index (χ0n) is 14.7. The molecule has 0 saturated heterocycles. The van der Waals surface area contributed by atoms with Gasteiger partial charge >= 0.3 is 5.97 Å². The van der Waals surface area contributed by atoms with E-state index in [1.54, 1.807) is 54.1 Å². The van der Waals surface area contributed by atoms with Gasteiger partial charge in [0.1, 0.15) is 5.75 Å². The van der Waals surface area contributed by atoms with Crippen LogP contribution in [0.2, 0.25) is 5.02 Å². The molecule has 7 heteroatoms. The second kappa shape index (κ2) is 7.17. The highest BCUT2D eigenvalue weighted by atomic mass is 35.5. The minimum atomic E-state index is -1.06. The average Bonchev–Trinajstić information content (AvgIpc) is 3.06. The van der Waals surface area contributed by atoms with Crippen molar-refractivity contribution in [2.45, 2.75) is 6.92 Å². The molecule has 0 spiro atoms. The number of carboxylic acid groups (broad SMARTS) is 1. The number of carboxylic acids is 1. The maximum atomic E-state index is 11.8. The topological polar surface area (TPSA) is 94.6 Å². The number of methoxy groups -OCH3 is 1. The summed E-state index contributed by atoms with van der Waals surface area (Å²) in [6, 6.07) is 11.5. The van der Waals surface area contributed by atoms with Gasteiger partial charge in [-0.1, -0.05) is 17.7 Å². The van der Waals surface area contributed by atoms with Gasteiger partial charge in [-0.25, -0.2) is 4.79 Å². The molecule has 3 aromatic rings. The Labute approximate surface area is 160 Å². The number of rotatable bonds is 5. The van der Waals surface area contributed by atoms with Gasteiger partial charge in [-0.2, -0.15) is 0 Å². The Hall–Kier alpha value is -3.25. The van der Waals surface area contributed by atoms with Crippen LogP contribution in [0.15, 0.2) is 48.7 Å². The number of nitrogens with two attached hydrogens (primary N) is 1. The fourth-order valence-electron chi connectivity index (χ4n) is 3.01. The summed E-state index contributed by atoms with van der Waals surface area (Å²) in [6.07, 6.45) is 1.66. The Morgan fingerprint density at radius 2 is 1.89 bits per heavy atom. The number of halogens is 1. The van der Waals surface area contributed by atoms with Crippen molar-refractivity contribution >= 4 is 23.5 Å². The van der Waals surface area contributed by atoms with Crippen molar-refractivity contribution in [2.24, 2.45) is 5.73 Å². The van der Waals surface area contributed by atoms with Gasteiger partial charge in [-0.05, 0) is 42.8 Å². The van der Waals surface area contributed by atoms with E-state index in [4.69, 9.17) is 22.1 Å². The van der Waals surface area contributed by atoms with Crippen LogP contribution in [0.1, 0.15) is 26.3 Å². The number of carbonyl (C=O) groups excluding carboxylic acids is 1. The first-order valence-corrected chi connectivity index (χ1v) is 8.40. The van der Waals surface area contributed by atoms with E-state index in [0.717, 1.165) is 5.56 Å². The van der Waals surface area contributed by atoms with Crippen molar-refractivity contribution in [1.29, 1.82) is 0 Å². The van der Waals surface area contributed by atoms with E-state index < -0.39 is 11.9 Å². The standard InChI is InChI=1S/C20H17ClN2O4/c1-11-9-12(19(22)24)3-5-14(11)18-15(20(25)26)7-8-23(18)16-6-4-13(21)10-17(16)27-2/h3-10H,1-2H3,(H2,22,24)(H,25,26). The Morgan fingerprint density at radius 1 is 1.15 bits per heavy atom. The van der Waals surface area contributed by atoms with E-state index in [0.29, 0.717) is 33.3 Å². The predicted octanol–water partition coefficient (Wildman–Crippen LogP) is 3.91. The third-order valence-electron chi connectivity index (χ3n) is 4.28. The molecule has 0 aliphatic carbocycles. The quantitative estimate of drug-likeness (QED) is 0.697. The van der Waals surface area contributed by atoms with E-state index in [1.807, 2.05) is 0 Å². The number of hydrogen-bond acceptors (Lipinski definition) is 3. The minimum absolute atomic E-state index is 0.127. The molecule has 27 heavy (non-hydrogen) atoms. The summed E-state index contributed by atoms with van der Waals surface area (Å²) in [6.45, 7) is 1.80. The van der Waals surface area contributed by atoms with Crippen molar-refractivity contribution in [1.82, 2.24) is 4.57 Å². The van der Waals surface area contributed by atoms with Gasteiger partial charge in [0.2, 0.25) is 5.91 Å². The Balaban J connectivity index is 2.29. The van der Waals surface area contributed by atoms with Crippen LogP contribution in [0.25, 0.3) is 16.9 Å². The predicted molar refractivity (Wildman–Crippen MR) is 103 cm³/mol. The highest BCUT2D eigenvalue weighted by Gasteiger charge is 2.21. The molecule has 0 bridgehead atoms. The lowest BCUT2D eigenvalue weighted by Crippen LogP contribution is -2.11. The number of primary amides is 1. The van der Waals surface area contributed by atoms with Gasteiger partial charge in [0.05, 0.1) is 24.1 Å². The molecule has 0 aliphatic rings. The highest BCUT2D eigenvalue weighted by molar-refractivity contribution is 6.30. The lowest BCUT2D eigenvalue weighted by Gasteiger charge is -2.16. The van der Waals surface area contributed by atoms with Gasteiger partial charge in [-0.3, -0.25) is 4.79 Å². The first-order valence-electron chi connectivity index (χ1n) is 8.03. The second-order valence-electron chi connectivity index (χ2n) is 5.96. The third kappa shape index (κ3) is 3.39. The van der Waals surface area contributed by atoms with E-state index >= 15 is 0 Å². The van der Waals surface area contributed by atoms with Crippen LogP contribution in [0.5, 0.6) is 5.75 Å². The molecule has 1 aromatic heterocycles. The molecule has 0 aliphatic heterocycles. The molecule has 6 nitrogen and oxygen atoms in total. The lowest BCUT2D eigenvalue weighted by molar-refractivity contribution is 0.0697. The molecule has 0 atom stereocenters. The van der Waals surface area contributed by atoms with Crippen LogP contribution in [-0.4, -0.2) is 28.7 Å². The fourth-order valence-corrected chi connectivity index (χ4v) is 3.18. The molecule has 3 N–H and O–H groups in total. The monoisotopic (exact) mass is 384 g/mol. The van der Waals surface area contributed by atoms with Crippen LogP contribution in [0.3, 0.4) is 0 Å². The Morgan fingerprint density at radius 3 is 2.48 bits per heavy atom. The number of hydrogen-bond donors (Lipinski definition) is 2. The molecule has 1 heterocycles. The molecular weight excluding hydrogens is 368 g/mol. The number of carbonyl (C=O) groups is 2. The van der Waals surface area contributed by atoms with Crippen molar-refractivity contribution < 1.29 is 19.4 Å². The molecule has 138 valence electrons. The van der Waals surface area contributed by atoms with E-state index in [9.17, 15) is 14.7 Å². The summed E-state index contributed by atoms with van der Waals surface area (Å²) in [5.74, 6) is -1.10. The second-order valence-corrected chi connectivity index (χ2v) is 6.40. The molecule has 3 rings (SSSR count). The minimum Gasteiger partial charge on any atom is -0.495 e. The van der Waals surface area contributed by atoms with Crippen LogP contribution < -0.4 is 10.5 Å². The van der Waals surface area contributed by atoms with Crippen molar-refractivity contribution in [3.05, 3.63) is 70.4 Å². The summed E-state index contributed by atoms with van der Waals surface area (Å²) < 4.78 is 7.14. The summed E-state index contributed by atoms with van der Waals surface area (Å²) in [5, 5.41) is 10.2. The largest absolute Gasteiger partial charge is 0.495 e. The van der Waals surface area contributed by atoms with Crippen molar-refractivity contribution in [3.8, 4) is 22.7 Å². The number of ether oxygens (including phenoxy) is 1. The van der Waals surface area contributed by atoms with Crippen LogP contribution >= 0.6 is 11.6 Å². The van der Waals surface area contributed by atoms with Gasteiger partial charge in [0, 0.05) is 28.4 Å². The third-order valence-corrected chi connectivity index (χ3v) is 4.52. The molecular formula is C20H17ClN2O4. The van der Waals surface area contributed by atoms with Crippen molar-refractivity contribution in [3.63, 3.8) is 0 Å². The molecule has 2 aromatic carbocycles. The van der Waals surface area contributed by atoms with E-state index in [2.05, 4.69) is 0 Å². The number of amides is 1. The Kier molecular flexibility index (Phi) is 4.92. The fraction of sp³-hybridized carbons (Fsp3) is 0.100. The first kappa shape index (κ1) is 18.5. The number of nitrogens with zero attached hydrogens (tertiary/aromatic N) is 1. The van der Waals surface area contributed by atoms with Gasteiger partial charge in [-0.15, -0.1) is 0 Å². The van der Waals surface area contributed by atoms with Gasteiger partial charge in [0.25, 0.3) is 0 Å². The van der Waals surface area contributed by atoms with Crippen molar-refractivity contribution in [2.75, 3.05) is 7.11 Å². The van der Waals surface area contributed by atoms with Gasteiger partial charge < -0.3 is 20.1 Å². The smallest absolute Gasteiger partial charge is 0.337 e.